The number of nitrogens with zero attached hydrogens (tertiary/aromatic N) is 2. The van der Waals surface area contributed by atoms with Crippen LogP contribution in [0.25, 0.3) is 22.6 Å². The van der Waals surface area contributed by atoms with Gasteiger partial charge in [0.1, 0.15) is 19.0 Å². The lowest BCUT2D eigenvalue weighted by atomic mass is 10.2. The molecule has 100 valence electrons. The second-order valence-corrected chi connectivity index (χ2v) is 4.37. The summed E-state index contributed by atoms with van der Waals surface area (Å²) in [7, 11) is 0. The maximum Gasteiger partial charge on any atom is 0.276 e. The van der Waals surface area contributed by atoms with Crippen LogP contribution in [-0.2, 0) is 0 Å². The minimum atomic E-state index is -0.244. The monoisotopic (exact) mass is 270 g/mol. The zero-order valence-electron chi connectivity index (χ0n) is 10.3. The largest absolute Gasteiger partial charge is 0.486 e. The van der Waals surface area contributed by atoms with Gasteiger partial charge in [0.05, 0.1) is 6.33 Å². The van der Waals surface area contributed by atoms with Crippen molar-refractivity contribution in [1.29, 1.82) is 0 Å². The number of aromatic amines is 2. The molecule has 1 aromatic carbocycles. The molecule has 4 rings (SSSR count). The van der Waals surface area contributed by atoms with Crippen LogP contribution in [-0.4, -0.2) is 33.1 Å². The molecule has 3 aromatic rings. The fourth-order valence-electron chi connectivity index (χ4n) is 2.17. The molecule has 20 heavy (non-hydrogen) atoms. The standard InChI is InChI=1S/C13H10N4O3/c18-13-10-12(14-6-15-13)17-11(16-10)7-1-2-8-9(5-7)20-4-3-19-8/h1-2,5-6H,3-4H2,(H2,14,15,16,17,18). The average Bonchev–Trinajstić information content (AvgIpc) is 2.92. The van der Waals surface area contributed by atoms with E-state index in [0.29, 0.717) is 41.7 Å². The van der Waals surface area contributed by atoms with Gasteiger partial charge in [-0.1, -0.05) is 0 Å². The highest BCUT2D eigenvalue weighted by Crippen LogP contribution is 2.33. The van der Waals surface area contributed by atoms with Gasteiger partial charge in [0.2, 0.25) is 0 Å². The van der Waals surface area contributed by atoms with Crippen LogP contribution in [0.3, 0.4) is 0 Å². The van der Waals surface area contributed by atoms with Crippen LogP contribution in [0.4, 0.5) is 0 Å². The van der Waals surface area contributed by atoms with Crippen LogP contribution < -0.4 is 15.0 Å². The van der Waals surface area contributed by atoms with E-state index in [0.717, 1.165) is 5.56 Å². The topological polar surface area (TPSA) is 92.9 Å². The molecule has 1 aliphatic heterocycles. The van der Waals surface area contributed by atoms with Crippen molar-refractivity contribution in [1.82, 2.24) is 19.9 Å². The third kappa shape index (κ3) is 1.63. The predicted molar refractivity (Wildman–Crippen MR) is 70.9 cm³/mol. The van der Waals surface area contributed by atoms with E-state index in [4.69, 9.17) is 9.47 Å². The van der Waals surface area contributed by atoms with Gasteiger partial charge in [-0.05, 0) is 18.2 Å². The van der Waals surface area contributed by atoms with Crippen LogP contribution in [0.15, 0.2) is 29.3 Å². The molecule has 7 nitrogen and oxygen atoms in total. The van der Waals surface area contributed by atoms with Crippen LogP contribution in [0.2, 0.25) is 0 Å². The summed E-state index contributed by atoms with van der Waals surface area (Å²) >= 11 is 0. The van der Waals surface area contributed by atoms with E-state index >= 15 is 0 Å². The Morgan fingerprint density at radius 1 is 1.15 bits per heavy atom. The SMILES string of the molecule is O=c1[nH]cnc2nc(-c3ccc4c(c3)OCCO4)[nH]c12. The van der Waals surface area contributed by atoms with Crippen molar-refractivity contribution in [3.63, 3.8) is 0 Å². The fourth-order valence-corrected chi connectivity index (χ4v) is 2.17. The number of nitrogens with one attached hydrogen (secondary N) is 2. The average molecular weight is 270 g/mol. The molecule has 0 spiro atoms. The number of fused-ring (bicyclic) bond motifs is 2. The zero-order chi connectivity index (χ0) is 13.5. The van der Waals surface area contributed by atoms with Crippen molar-refractivity contribution >= 4 is 11.2 Å². The van der Waals surface area contributed by atoms with Gasteiger partial charge in [0.25, 0.3) is 5.56 Å². The second-order valence-electron chi connectivity index (χ2n) is 4.37. The first-order valence-corrected chi connectivity index (χ1v) is 6.15. The Morgan fingerprint density at radius 3 is 2.85 bits per heavy atom. The van der Waals surface area contributed by atoms with Crippen LogP contribution in [0, 0.1) is 0 Å². The molecule has 1 aliphatic rings. The molecular weight excluding hydrogens is 260 g/mol. The Bertz CT molecular complexity index is 852. The van der Waals surface area contributed by atoms with Crippen molar-refractivity contribution in [3.8, 4) is 22.9 Å². The zero-order valence-corrected chi connectivity index (χ0v) is 10.3. The van der Waals surface area contributed by atoms with Crippen molar-refractivity contribution in [2.45, 2.75) is 0 Å². The number of ether oxygens (including phenoxy) is 2. The van der Waals surface area contributed by atoms with Gasteiger partial charge in [0, 0.05) is 5.56 Å². The van der Waals surface area contributed by atoms with Crippen LogP contribution in [0.1, 0.15) is 0 Å². The number of benzene rings is 1. The number of H-pyrrole nitrogens is 2. The minimum Gasteiger partial charge on any atom is -0.486 e. The van der Waals surface area contributed by atoms with Crippen LogP contribution in [0.5, 0.6) is 11.5 Å². The van der Waals surface area contributed by atoms with E-state index in [9.17, 15) is 4.79 Å². The van der Waals surface area contributed by atoms with E-state index < -0.39 is 0 Å². The summed E-state index contributed by atoms with van der Waals surface area (Å²) in [6.07, 6.45) is 1.33. The molecule has 2 aromatic heterocycles. The summed E-state index contributed by atoms with van der Waals surface area (Å²) in [5.74, 6) is 1.96. The van der Waals surface area contributed by atoms with Gasteiger partial charge < -0.3 is 19.4 Å². The Balaban J connectivity index is 1.86. The summed E-state index contributed by atoms with van der Waals surface area (Å²) in [6.45, 7) is 1.08. The number of rotatable bonds is 1. The highest BCUT2D eigenvalue weighted by molar-refractivity contribution is 5.75. The van der Waals surface area contributed by atoms with E-state index in [-0.39, 0.29) is 5.56 Å². The maximum atomic E-state index is 11.6. The number of imidazole rings is 1. The van der Waals surface area contributed by atoms with E-state index in [2.05, 4.69) is 19.9 Å². The number of aromatic nitrogens is 4. The third-order valence-corrected chi connectivity index (χ3v) is 3.11. The Labute approximate surface area is 112 Å². The normalized spacial score (nSPS) is 13.6. The number of hydrogen-bond acceptors (Lipinski definition) is 5. The first kappa shape index (κ1) is 11.0. The lowest BCUT2D eigenvalue weighted by Gasteiger charge is -2.18. The van der Waals surface area contributed by atoms with E-state index in [1.807, 2.05) is 18.2 Å². The van der Waals surface area contributed by atoms with E-state index in [1.165, 1.54) is 6.33 Å². The molecule has 7 heteroatoms. The van der Waals surface area contributed by atoms with Crippen LogP contribution >= 0.6 is 0 Å². The molecule has 0 radical (unpaired) electrons. The Kier molecular flexibility index (Phi) is 2.26. The summed E-state index contributed by atoms with van der Waals surface area (Å²) in [5, 5.41) is 0. The summed E-state index contributed by atoms with van der Waals surface area (Å²) in [6, 6.07) is 5.52. The third-order valence-electron chi connectivity index (χ3n) is 3.11. The van der Waals surface area contributed by atoms with Gasteiger partial charge in [-0.15, -0.1) is 0 Å². The molecule has 0 fully saturated rings. The molecule has 0 atom stereocenters. The Morgan fingerprint density at radius 2 is 2.00 bits per heavy atom. The molecule has 0 bridgehead atoms. The lowest BCUT2D eigenvalue weighted by Crippen LogP contribution is -2.15. The first-order valence-electron chi connectivity index (χ1n) is 6.15. The van der Waals surface area contributed by atoms with Gasteiger partial charge >= 0.3 is 0 Å². The van der Waals surface area contributed by atoms with Crippen molar-refractivity contribution in [2.24, 2.45) is 0 Å². The smallest absolute Gasteiger partial charge is 0.276 e. The summed E-state index contributed by atoms with van der Waals surface area (Å²) in [4.78, 5) is 25.5. The molecule has 0 aliphatic carbocycles. The minimum absolute atomic E-state index is 0.244. The Hall–Kier alpha value is -2.83. The van der Waals surface area contributed by atoms with Gasteiger partial charge in [-0.3, -0.25) is 4.79 Å². The fraction of sp³-hybridized carbons (Fsp3) is 0.154. The van der Waals surface area contributed by atoms with Gasteiger partial charge in [-0.2, -0.15) is 0 Å². The molecule has 2 N–H and O–H groups in total. The summed E-state index contributed by atoms with van der Waals surface area (Å²) < 4.78 is 11.0. The molecular formula is C13H10N4O3. The van der Waals surface area contributed by atoms with Gasteiger partial charge in [0.15, 0.2) is 22.7 Å². The maximum absolute atomic E-state index is 11.6. The van der Waals surface area contributed by atoms with Crippen molar-refractivity contribution < 1.29 is 9.47 Å². The predicted octanol–water partition coefficient (Wildman–Crippen LogP) is 1.08. The molecule has 0 unspecified atom stereocenters. The van der Waals surface area contributed by atoms with E-state index in [1.54, 1.807) is 0 Å². The second kappa shape index (κ2) is 4.09. The molecule has 0 amide bonds. The first-order chi connectivity index (χ1) is 9.81. The van der Waals surface area contributed by atoms with Gasteiger partial charge in [-0.25, -0.2) is 9.97 Å². The number of hydrogen-bond donors (Lipinski definition) is 2. The van der Waals surface area contributed by atoms with Crippen molar-refractivity contribution in [2.75, 3.05) is 13.2 Å². The highest BCUT2D eigenvalue weighted by atomic mass is 16.6. The quantitative estimate of drug-likeness (QED) is 0.690. The molecule has 0 saturated heterocycles. The van der Waals surface area contributed by atoms with Crippen molar-refractivity contribution in [3.05, 3.63) is 34.9 Å². The molecule has 0 saturated carbocycles. The molecule has 3 heterocycles. The lowest BCUT2D eigenvalue weighted by molar-refractivity contribution is 0.171. The summed E-state index contributed by atoms with van der Waals surface area (Å²) in [5.41, 5.74) is 1.31. The highest BCUT2D eigenvalue weighted by Gasteiger charge is 2.14.